The van der Waals surface area contributed by atoms with Gasteiger partial charge in [-0.2, -0.15) is 0 Å². The van der Waals surface area contributed by atoms with E-state index in [0.717, 1.165) is 0 Å². The number of benzene rings is 2. The minimum Gasteiger partial charge on any atom is -0.490 e. The predicted octanol–water partition coefficient (Wildman–Crippen LogP) is 2.69. The molecule has 0 fully saturated rings. The van der Waals surface area contributed by atoms with Gasteiger partial charge < -0.3 is 9.84 Å². The Morgan fingerprint density at radius 1 is 1.16 bits per heavy atom. The van der Waals surface area contributed by atoms with Gasteiger partial charge in [-0.1, -0.05) is 36.4 Å². The van der Waals surface area contributed by atoms with Crippen molar-refractivity contribution in [3.8, 4) is 5.75 Å². The lowest BCUT2D eigenvalue weighted by molar-refractivity contribution is -0.385. The zero-order valence-electron chi connectivity index (χ0n) is 10.3. The molecule has 0 spiro atoms. The van der Waals surface area contributed by atoms with Gasteiger partial charge >= 0.3 is 5.69 Å². The molecule has 1 N–H and O–H groups in total. The maximum Gasteiger partial charge on any atom is 0.311 e. The van der Waals surface area contributed by atoms with Crippen LogP contribution in [0.3, 0.4) is 0 Å². The number of hydrogen-bond donors (Lipinski definition) is 1. The molecule has 0 heterocycles. The Labute approximate surface area is 110 Å². The molecule has 5 nitrogen and oxygen atoms in total. The molecule has 2 rings (SSSR count). The van der Waals surface area contributed by atoms with Gasteiger partial charge in [0, 0.05) is 6.07 Å². The van der Waals surface area contributed by atoms with E-state index in [0.29, 0.717) is 11.1 Å². The quantitative estimate of drug-likeness (QED) is 0.676. The molecule has 0 amide bonds. The summed E-state index contributed by atoms with van der Waals surface area (Å²) < 4.78 is 4.92. The number of nitro groups is 1. The van der Waals surface area contributed by atoms with Gasteiger partial charge in [0.1, 0.15) is 6.10 Å². The highest BCUT2D eigenvalue weighted by atomic mass is 16.6. The number of rotatable bonds is 4. The molecule has 5 heteroatoms. The summed E-state index contributed by atoms with van der Waals surface area (Å²) in [5, 5.41) is 21.1. The van der Waals surface area contributed by atoms with Gasteiger partial charge in [0.25, 0.3) is 0 Å². The van der Waals surface area contributed by atoms with Crippen LogP contribution < -0.4 is 4.74 Å². The third-order valence-corrected chi connectivity index (χ3v) is 2.83. The van der Waals surface area contributed by atoms with Crippen molar-refractivity contribution in [3.05, 3.63) is 69.8 Å². The molecule has 0 saturated heterocycles. The first-order valence-electron chi connectivity index (χ1n) is 5.69. The fourth-order valence-electron chi connectivity index (χ4n) is 1.85. The fourth-order valence-corrected chi connectivity index (χ4v) is 1.85. The Hall–Kier alpha value is -2.40. The van der Waals surface area contributed by atoms with Crippen LogP contribution >= 0.6 is 0 Å². The first-order valence-corrected chi connectivity index (χ1v) is 5.69. The Morgan fingerprint density at radius 2 is 1.84 bits per heavy atom. The number of hydrogen-bond acceptors (Lipinski definition) is 4. The van der Waals surface area contributed by atoms with E-state index in [1.165, 1.54) is 19.2 Å². The van der Waals surface area contributed by atoms with E-state index in [4.69, 9.17) is 4.74 Å². The van der Waals surface area contributed by atoms with Crippen LogP contribution in [0, 0.1) is 10.1 Å². The number of ether oxygens (including phenoxy) is 1. The molecular weight excluding hydrogens is 246 g/mol. The van der Waals surface area contributed by atoms with Crippen LogP contribution in [0.5, 0.6) is 5.75 Å². The zero-order chi connectivity index (χ0) is 13.8. The lowest BCUT2D eigenvalue weighted by Crippen LogP contribution is -2.01. The van der Waals surface area contributed by atoms with Crippen molar-refractivity contribution < 1.29 is 14.8 Å². The van der Waals surface area contributed by atoms with Gasteiger partial charge in [0.05, 0.1) is 12.0 Å². The normalized spacial score (nSPS) is 11.9. The fraction of sp³-hybridized carbons (Fsp3) is 0.143. The number of methoxy groups -OCH3 is 1. The average Bonchev–Trinajstić information content (AvgIpc) is 2.46. The van der Waals surface area contributed by atoms with Crippen molar-refractivity contribution in [3.63, 3.8) is 0 Å². The second-order valence-corrected chi connectivity index (χ2v) is 4.00. The van der Waals surface area contributed by atoms with Crippen molar-refractivity contribution in [2.45, 2.75) is 6.10 Å². The number of nitro benzene ring substituents is 1. The van der Waals surface area contributed by atoms with Crippen LogP contribution in [-0.4, -0.2) is 17.1 Å². The lowest BCUT2D eigenvalue weighted by Gasteiger charge is -2.12. The van der Waals surface area contributed by atoms with Crippen LogP contribution in [0.15, 0.2) is 48.5 Å². The SMILES string of the molecule is COc1ccc([C@@H](O)c2ccccc2)cc1[N+](=O)[O-]. The van der Waals surface area contributed by atoms with Crippen molar-refractivity contribution >= 4 is 5.69 Å². The van der Waals surface area contributed by atoms with Gasteiger partial charge in [-0.3, -0.25) is 10.1 Å². The molecule has 0 aliphatic rings. The van der Waals surface area contributed by atoms with Crippen LogP contribution in [0.25, 0.3) is 0 Å². The highest BCUT2D eigenvalue weighted by molar-refractivity contribution is 5.50. The lowest BCUT2D eigenvalue weighted by atomic mass is 10.0. The molecule has 0 bridgehead atoms. The summed E-state index contributed by atoms with van der Waals surface area (Å²) in [6.07, 6.45) is -0.897. The maximum absolute atomic E-state index is 10.9. The Bertz CT molecular complexity index is 583. The van der Waals surface area contributed by atoms with E-state index in [9.17, 15) is 15.2 Å². The molecule has 98 valence electrons. The molecule has 0 unspecified atom stereocenters. The molecule has 2 aromatic rings. The van der Waals surface area contributed by atoms with Crippen LogP contribution in [0.2, 0.25) is 0 Å². The summed E-state index contributed by atoms with van der Waals surface area (Å²) in [7, 11) is 1.37. The van der Waals surface area contributed by atoms with Crippen LogP contribution in [0.4, 0.5) is 5.69 Å². The van der Waals surface area contributed by atoms with Crippen molar-refractivity contribution in [2.75, 3.05) is 7.11 Å². The van der Waals surface area contributed by atoms with Crippen LogP contribution in [-0.2, 0) is 0 Å². The van der Waals surface area contributed by atoms with E-state index in [2.05, 4.69) is 0 Å². The summed E-state index contributed by atoms with van der Waals surface area (Å²) >= 11 is 0. The predicted molar refractivity (Wildman–Crippen MR) is 70.2 cm³/mol. The number of aliphatic hydroxyl groups excluding tert-OH is 1. The molecule has 0 aliphatic heterocycles. The highest BCUT2D eigenvalue weighted by Gasteiger charge is 2.19. The summed E-state index contributed by atoms with van der Waals surface area (Å²) in [5.41, 5.74) is 0.982. The molecule has 2 aromatic carbocycles. The third-order valence-electron chi connectivity index (χ3n) is 2.83. The molecule has 0 radical (unpaired) electrons. The molecular formula is C14H13NO4. The second-order valence-electron chi connectivity index (χ2n) is 4.00. The summed E-state index contributed by atoms with van der Waals surface area (Å²) in [5.74, 6) is 0.175. The molecule has 1 atom stereocenters. The standard InChI is InChI=1S/C14H13NO4/c1-19-13-8-7-11(9-12(13)15(17)18)14(16)10-5-3-2-4-6-10/h2-9,14,16H,1H3/t14-/m0/s1. The van der Waals surface area contributed by atoms with E-state index < -0.39 is 11.0 Å². The van der Waals surface area contributed by atoms with Crippen LogP contribution in [0.1, 0.15) is 17.2 Å². The van der Waals surface area contributed by atoms with Gasteiger partial charge in [-0.15, -0.1) is 0 Å². The largest absolute Gasteiger partial charge is 0.490 e. The average molecular weight is 259 g/mol. The van der Waals surface area contributed by atoms with Crippen molar-refractivity contribution in [1.29, 1.82) is 0 Å². The summed E-state index contributed by atoms with van der Waals surface area (Å²) in [6, 6.07) is 13.4. The zero-order valence-corrected chi connectivity index (χ0v) is 10.3. The number of aliphatic hydroxyl groups is 1. The van der Waals surface area contributed by atoms with Gasteiger partial charge in [-0.05, 0) is 17.2 Å². The highest BCUT2D eigenvalue weighted by Crippen LogP contribution is 2.31. The van der Waals surface area contributed by atoms with E-state index >= 15 is 0 Å². The first kappa shape index (κ1) is 13.0. The molecule has 0 aromatic heterocycles. The number of nitrogens with zero attached hydrogens (tertiary/aromatic N) is 1. The van der Waals surface area contributed by atoms with Gasteiger partial charge in [-0.25, -0.2) is 0 Å². The third kappa shape index (κ3) is 2.71. The van der Waals surface area contributed by atoms with E-state index in [1.54, 1.807) is 30.3 Å². The smallest absolute Gasteiger partial charge is 0.311 e. The van der Waals surface area contributed by atoms with Gasteiger partial charge in [0.2, 0.25) is 0 Å². The van der Waals surface area contributed by atoms with Gasteiger partial charge in [0.15, 0.2) is 5.75 Å². The summed E-state index contributed by atoms with van der Waals surface area (Å²) in [4.78, 5) is 10.4. The Morgan fingerprint density at radius 3 is 2.42 bits per heavy atom. The Balaban J connectivity index is 2.41. The monoisotopic (exact) mass is 259 g/mol. The minimum absolute atomic E-state index is 0.157. The topological polar surface area (TPSA) is 72.6 Å². The van der Waals surface area contributed by atoms with E-state index in [1.807, 2.05) is 6.07 Å². The Kier molecular flexibility index (Phi) is 3.77. The summed E-state index contributed by atoms with van der Waals surface area (Å²) in [6.45, 7) is 0. The molecule has 19 heavy (non-hydrogen) atoms. The van der Waals surface area contributed by atoms with E-state index in [-0.39, 0.29) is 11.4 Å². The second kappa shape index (κ2) is 5.49. The maximum atomic E-state index is 10.9. The van der Waals surface area contributed by atoms with Crippen molar-refractivity contribution in [2.24, 2.45) is 0 Å². The minimum atomic E-state index is -0.897. The first-order chi connectivity index (χ1) is 9.13. The molecule has 0 saturated carbocycles. The molecule has 0 aliphatic carbocycles. The van der Waals surface area contributed by atoms with Crippen molar-refractivity contribution in [1.82, 2.24) is 0 Å².